The fourth-order valence-electron chi connectivity index (χ4n) is 1.64. The van der Waals surface area contributed by atoms with Crippen LogP contribution in [0.4, 0.5) is 4.79 Å². The smallest absolute Gasteiger partial charge is 0.413 e. The van der Waals surface area contributed by atoms with E-state index >= 15 is 0 Å². The summed E-state index contributed by atoms with van der Waals surface area (Å²) < 4.78 is 9.33. The molecule has 1 aromatic carbocycles. The monoisotopic (exact) mass is 368 g/mol. The minimum absolute atomic E-state index is 0.0684. The van der Waals surface area contributed by atoms with Crippen molar-refractivity contribution in [2.75, 3.05) is 13.2 Å². The molecule has 9 heteroatoms. The SMILES string of the molecule is CCOC(=O)NC(=O)COC(=O)c1csc(-c2cccc(Cl)c2)n1. The maximum absolute atomic E-state index is 11.9. The average Bonchev–Trinajstić information content (AvgIpc) is 3.03. The second-order valence-corrected chi connectivity index (χ2v) is 5.69. The van der Waals surface area contributed by atoms with Gasteiger partial charge >= 0.3 is 12.1 Å². The molecule has 1 heterocycles. The summed E-state index contributed by atoms with van der Waals surface area (Å²) >= 11 is 7.16. The van der Waals surface area contributed by atoms with Gasteiger partial charge in [-0.05, 0) is 19.1 Å². The van der Waals surface area contributed by atoms with Gasteiger partial charge in [0.2, 0.25) is 0 Å². The predicted octanol–water partition coefficient (Wildman–Crippen LogP) is 2.89. The topological polar surface area (TPSA) is 94.6 Å². The van der Waals surface area contributed by atoms with Crippen LogP contribution in [0.3, 0.4) is 0 Å². The van der Waals surface area contributed by atoms with Crippen molar-refractivity contribution in [1.29, 1.82) is 0 Å². The molecule has 1 aromatic heterocycles. The lowest BCUT2D eigenvalue weighted by Gasteiger charge is -2.04. The summed E-state index contributed by atoms with van der Waals surface area (Å²) in [6, 6.07) is 7.04. The Labute approximate surface area is 146 Å². The van der Waals surface area contributed by atoms with E-state index in [2.05, 4.69) is 9.72 Å². The largest absolute Gasteiger partial charge is 0.451 e. The normalized spacial score (nSPS) is 10.1. The van der Waals surface area contributed by atoms with Gasteiger partial charge in [-0.3, -0.25) is 10.1 Å². The third-order valence-electron chi connectivity index (χ3n) is 2.64. The average molecular weight is 369 g/mol. The molecule has 0 fully saturated rings. The second kappa shape index (κ2) is 8.42. The molecule has 0 bridgehead atoms. The Morgan fingerprint density at radius 3 is 2.79 bits per heavy atom. The molecular weight excluding hydrogens is 356 g/mol. The van der Waals surface area contributed by atoms with Gasteiger partial charge in [0.05, 0.1) is 6.61 Å². The first-order chi connectivity index (χ1) is 11.5. The quantitative estimate of drug-likeness (QED) is 0.815. The molecule has 24 heavy (non-hydrogen) atoms. The lowest BCUT2D eigenvalue weighted by Crippen LogP contribution is -2.34. The highest BCUT2D eigenvalue weighted by atomic mass is 35.5. The van der Waals surface area contributed by atoms with E-state index in [0.29, 0.717) is 10.0 Å². The molecule has 0 saturated heterocycles. The Hall–Kier alpha value is -2.45. The minimum atomic E-state index is -0.893. The molecule has 0 aliphatic carbocycles. The van der Waals surface area contributed by atoms with Gasteiger partial charge in [0, 0.05) is 16.0 Å². The van der Waals surface area contributed by atoms with Crippen LogP contribution < -0.4 is 5.32 Å². The standard InChI is InChI=1S/C15H13ClN2O5S/c1-2-22-15(21)18-12(19)7-23-14(20)11-8-24-13(17-11)9-4-3-5-10(16)6-9/h3-6,8H,2,7H2,1H3,(H,18,19,21). The Morgan fingerprint density at radius 2 is 2.08 bits per heavy atom. The van der Waals surface area contributed by atoms with Crippen molar-refractivity contribution >= 4 is 40.9 Å². The zero-order chi connectivity index (χ0) is 17.5. The molecule has 0 saturated carbocycles. The summed E-state index contributed by atoms with van der Waals surface area (Å²) in [5, 5.41) is 4.59. The Morgan fingerprint density at radius 1 is 1.29 bits per heavy atom. The van der Waals surface area contributed by atoms with E-state index < -0.39 is 24.6 Å². The number of amides is 2. The second-order valence-electron chi connectivity index (χ2n) is 4.39. The molecular formula is C15H13ClN2O5S. The van der Waals surface area contributed by atoms with Crippen LogP contribution in [-0.2, 0) is 14.3 Å². The zero-order valence-corrected chi connectivity index (χ0v) is 14.1. The first kappa shape index (κ1) is 17.9. The number of rotatable bonds is 5. The van der Waals surface area contributed by atoms with E-state index in [1.807, 2.05) is 11.4 Å². The number of ether oxygens (including phenoxy) is 2. The van der Waals surface area contributed by atoms with Crippen LogP contribution in [0.15, 0.2) is 29.6 Å². The van der Waals surface area contributed by atoms with Crippen molar-refractivity contribution in [1.82, 2.24) is 10.3 Å². The van der Waals surface area contributed by atoms with Gasteiger partial charge < -0.3 is 9.47 Å². The number of carbonyl (C=O) groups excluding carboxylic acids is 3. The van der Waals surface area contributed by atoms with Gasteiger partial charge in [0.25, 0.3) is 5.91 Å². The highest BCUT2D eigenvalue weighted by molar-refractivity contribution is 7.13. The van der Waals surface area contributed by atoms with Gasteiger partial charge in [-0.15, -0.1) is 11.3 Å². The molecule has 2 rings (SSSR count). The Bertz CT molecular complexity index is 762. The van der Waals surface area contributed by atoms with Crippen LogP contribution in [-0.4, -0.2) is 36.2 Å². The van der Waals surface area contributed by atoms with E-state index in [4.69, 9.17) is 16.3 Å². The summed E-state index contributed by atoms with van der Waals surface area (Å²) in [7, 11) is 0. The Balaban J connectivity index is 1.92. The van der Waals surface area contributed by atoms with Crippen molar-refractivity contribution in [2.24, 2.45) is 0 Å². The molecule has 0 spiro atoms. The lowest BCUT2D eigenvalue weighted by atomic mass is 10.2. The Kier molecular flexibility index (Phi) is 6.28. The highest BCUT2D eigenvalue weighted by Crippen LogP contribution is 2.26. The number of esters is 1. The molecule has 2 amide bonds. The fourth-order valence-corrected chi connectivity index (χ4v) is 2.62. The first-order valence-electron chi connectivity index (χ1n) is 6.84. The summed E-state index contributed by atoms with van der Waals surface area (Å²) in [6.45, 7) is 1.12. The third kappa shape index (κ3) is 5.04. The number of nitrogens with one attached hydrogen (secondary N) is 1. The molecule has 2 aromatic rings. The van der Waals surface area contributed by atoms with Crippen molar-refractivity contribution in [3.05, 3.63) is 40.4 Å². The third-order valence-corrected chi connectivity index (χ3v) is 3.76. The molecule has 0 aliphatic rings. The number of aromatic nitrogens is 1. The predicted molar refractivity (Wildman–Crippen MR) is 88.0 cm³/mol. The summed E-state index contributed by atoms with van der Waals surface area (Å²) in [6.07, 6.45) is -0.893. The van der Waals surface area contributed by atoms with Crippen LogP contribution in [0.5, 0.6) is 0 Å². The zero-order valence-electron chi connectivity index (χ0n) is 12.6. The van der Waals surface area contributed by atoms with E-state index in [-0.39, 0.29) is 12.3 Å². The van der Waals surface area contributed by atoms with E-state index in [1.54, 1.807) is 25.1 Å². The van der Waals surface area contributed by atoms with Crippen molar-refractivity contribution in [3.8, 4) is 10.6 Å². The maximum atomic E-state index is 11.9. The molecule has 126 valence electrons. The molecule has 1 N–H and O–H groups in total. The van der Waals surface area contributed by atoms with E-state index in [0.717, 1.165) is 5.56 Å². The number of hydrogen-bond acceptors (Lipinski definition) is 7. The van der Waals surface area contributed by atoms with Gasteiger partial charge in [0.1, 0.15) is 5.01 Å². The number of carbonyl (C=O) groups is 3. The number of hydrogen-bond donors (Lipinski definition) is 1. The van der Waals surface area contributed by atoms with Gasteiger partial charge in [-0.2, -0.15) is 0 Å². The number of alkyl carbamates (subject to hydrolysis) is 1. The van der Waals surface area contributed by atoms with Crippen molar-refractivity contribution in [2.45, 2.75) is 6.92 Å². The number of benzene rings is 1. The van der Waals surface area contributed by atoms with Crippen LogP contribution in [0.1, 0.15) is 17.4 Å². The van der Waals surface area contributed by atoms with Crippen LogP contribution in [0.2, 0.25) is 5.02 Å². The number of nitrogens with zero attached hydrogens (tertiary/aromatic N) is 1. The van der Waals surface area contributed by atoms with Crippen LogP contribution in [0.25, 0.3) is 10.6 Å². The summed E-state index contributed by atoms with van der Waals surface area (Å²) in [5.74, 6) is -1.55. The van der Waals surface area contributed by atoms with Crippen molar-refractivity contribution < 1.29 is 23.9 Å². The fraction of sp³-hybridized carbons (Fsp3) is 0.200. The molecule has 0 unspecified atom stereocenters. The maximum Gasteiger partial charge on any atom is 0.413 e. The van der Waals surface area contributed by atoms with Gasteiger partial charge in [0.15, 0.2) is 12.3 Å². The number of imide groups is 1. The number of halogens is 1. The van der Waals surface area contributed by atoms with Crippen LogP contribution >= 0.6 is 22.9 Å². The molecule has 7 nitrogen and oxygen atoms in total. The lowest BCUT2D eigenvalue weighted by molar-refractivity contribution is -0.123. The van der Waals surface area contributed by atoms with E-state index in [1.165, 1.54) is 16.7 Å². The van der Waals surface area contributed by atoms with Crippen molar-refractivity contribution in [3.63, 3.8) is 0 Å². The molecule has 0 atom stereocenters. The summed E-state index contributed by atoms with van der Waals surface area (Å²) in [5.41, 5.74) is 0.838. The van der Waals surface area contributed by atoms with Gasteiger partial charge in [-0.25, -0.2) is 14.6 Å². The summed E-state index contributed by atoms with van der Waals surface area (Å²) in [4.78, 5) is 38.5. The molecule has 0 radical (unpaired) electrons. The van der Waals surface area contributed by atoms with E-state index in [9.17, 15) is 14.4 Å². The minimum Gasteiger partial charge on any atom is -0.451 e. The van der Waals surface area contributed by atoms with Gasteiger partial charge in [-0.1, -0.05) is 23.7 Å². The van der Waals surface area contributed by atoms with Crippen LogP contribution in [0, 0.1) is 0 Å². The number of thiazole rings is 1. The first-order valence-corrected chi connectivity index (χ1v) is 8.10. The highest BCUT2D eigenvalue weighted by Gasteiger charge is 2.16. The molecule has 0 aliphatic heterocycles.